The van der Waals surface area contributed by atoms with Gasteiger partial charge >= 0.3 is 0 Å². The van der Waals surface area contributed by atoms with Gasteiger partial charge in [0.15, 0.2) is 0 Å². The number of aryl methyl sites for hydroxylation is 1. The summed E-state index contributed by atoms with van der Waals surface area (Å²) in [5, 5.41) is 6.58. The van der Waals surface area contributed by atoms with Gasteiger partial charge in [-0.15, -0.1) is 0 Å². The molecule has 1 saturated heterocycles. The smallest absolute Gasteiger partial charge is 0.232 e. The number of aliphatic imine (C=N–C) groups is 1. The molecular weight excluding hydrogens is 458 g/mol. The van der Waals surface area contributed by atoms with Crippen LogP contribution in [0.4, 0.5) is 29.0 Å². The molecule has 0 atom stereocenters. The molecule has 188 valence electrons. The molecule has 5 rings (SSSR count). The first-order valence-corrected chi connectivity index (χ1v) is 13.0. The monoisotopic (exact) mass is 491 g/mol. The molecule has 7 nitrogen and oxygen atoms in total. The Labute approximate surface area is 218 Å². The minimum atomic E-state index is 0.484. The van der Waals surface area contributed by atoms with E-state index < -0.39 is 0 Å². The number of hydrogen-bond donors (Lipinski definition) is 2. The Bertz CT molecular complexity index is 1310. The maximum atomic E-state index is 4.64. The summed E-state index contributed by atoms with van der Waals surface area (Å²) in [5.41, 5.74) is 6.64. The highest BCUT2D eigenvalue weighted by Gasteiger charge is 2.11. The summed E-state index contributed by atoms with van der Waals surface area (Å²) in [7, 11) is 0. The first-order chi connectivity index (χ1) is 18.2. The summed E-state index contributed by atoms with van der Waals surface area (Å²) >= 11 is 0. The molecule has 37 heavy (non-hydrogen) atoms. The van der Waals surface area contributed by atoms with Crippen LogP contribution in [-0.4, -0.2) is 40.8 Å². The van der Waals surface area contributed by atoms with Gasteiger partial charge in [0, 0.05) is 42.9 Å². The lowest BCUT2D eigenvalue weighted by molar-refractivity contribution is 0.578. The fourth-order valence-corrected chi connectivity index (χ4v) is 4.44. The van der Waals surface area contributed by atoms with E-state index in [1.807, 2.05) is 18.3 Å². The van der Waals surface area contributed by atoms with E-state index in [-0.39, 0.29) is 0 Å². The number of piperidine rings is 1. The second-order valence-electron chi connectivity index (χ2n) is 9.32. The lowest BCUT2D eigenvalue weighted by Gasteiger charge is -2.28. The minimum absolute atomic E-state index is 0.484. The first kappa shape index (κ1) is 24.4. The number of anilines is 5. The van der Waals surface area contributed by atoms with E-state index >= 15 is 0 Å². The Hall–Kier alpha value is -4.26. The van der Waals surface area contributed by atoms with E-state index in [1.54, 1.807) is 0 Å². The predicted octanol–water partition coefficient (Wildman–Crippen LogP) is 6.32. The lowest BCUT2D eigenvalue weighted by Crippen LogP contribution is -2.29. The van der Waals surface area contributed by atoms with Crippen molar-refractivity contribution in [3.05, 3.63) is 95.8 Å². The van der Waals surface area contributed by atoms with Crippen LogP contribution in [0.15, 0.2) is 84.1 Å². The van der Waals surface area contributed by atoms with Crippen LogP contribution in [0.2, 0.25) is 0 Å². The van der Waals surface area contributed by atoms with E-state index in [0.717, 1.165) is 43.0 Å². The van der Waals surface area contributed by atoms with Crippen molar-refractivity contribution in [3.8, 4) is 0 Å². The van der Waals surface area contributed by atoms with E-state index in [2.05, 4.69) is 103 Å². The highest BCUT2D eigenvalue weighted by molar-refractivity contribution is 5.83. The zero-order chi connectivity index (χ0) is 25.3. The number of nitrogens with zero attached hydrogens (tertiary/aromatic N) is 5. The number of rotatable bonds is 9. The van der Waals surface area contributed by atoms with Crippen LogP contribution in [0.25, 0.3) is 0 Å². The number of nitrogens with one attached hydrogen (secondary N) is 2. The van der Waals surface area contributed by atoms with Crippen LogP contribution >= 0.6 is 0 Å². The SMILES string of the molecule is Cc1ccc(Nc2ncnc(Nc3ccc(N4CCCCC4)cc3)n2)cc1C=NCCc1ccccc1. The number of hydrogen-bond acceptors (Lipinski definition) is 7. The molecule has 0 amide bonds. The van der Waals surface area contributed by atoms with Gasteiger partial charge in [0.25, 0.3) is 0 Å². The normalized spacial score (nSPS) is 13.6. The van der Waals surface area contributed by atoms with Gasteiger partial charge in [-0.3, -0.25) is 4.99 Å². The van der Waals surface area contributed by atoms with Crippen LogP contribution in [0.5, 0.6) is 0 Å². The summed E-state index contributed by atoms with van der Waals surface area (Å²) in [6.07, 6.45) is 8.25. The molecule has 0 aliphatic carbocycles. The Kier molecular flexibility index (Phi) is 8.01. The van der Waals surface area contributed by atoms with Crippen LogP contribution in [0.1, 0.15) is 36.0 Å². The molecule has 2 heterocycles. The molecule has 1 aliphatic heterocycles. The lowest BCUT2D eigenvalue weighted by atomic mass is 10.1. The molecule has 1 aliphatic rings. The van der Waals surface area contributed by atoms with Crippen molar-refractivity contribution in [2.24, 2.45) is 4.99 Å². The van der Waals surface area contributed by atoms with E-state index in [9.17, 15) is 0 Å². The van der Waals surface area contributed by atoms with Gasteiger partial charge in [-0.05, 0) is 85.7 Å². The van der Waals surface area contributed by atoms with Crippen LogP contribution in [-0.2, 0) is 6.42 Å². The molecule has 0 unspecified atom stereocenters. The first-order valence-electron chi connectivity index (χ1n) is 13.0. The van der Waals surface area contributed by atoms with Gasteiger partial charge in [-0.1, -0.05) is 36.4 Å². The van der Waals surface area contributed by atoms with Gasteiger partial charge in [0.1, 0.15) is 6.33 Å². The topological polar surface area (TPSA) is 78.3 Å². The molecule has 1 aromatic heterocycles. The average molecular weight is 492 g/mol. The summed E-state index contributed by atoms with van der Waals surface area (Å²) < 4.78 is 0. The highest BCUT2D eigenvalue weighted by atomic mass is 15.2. The minimum Gasteiger partial charge on any atom is -0.372 e. The fraction of sp³-hybridized carbons (Fsp3) is 0.267. The number of aromatic nitrogens is 3. The zero-order valence-electron chi connectivity index (χ0n) is 21.3. The molecule has 2 N–H and O–H groups in total. The van der Waals surface area contributed by atoms with Crippen molar-refractivity contribution in [2.45, 2.75) is 32.6 Å². The molecule has 7 heteroatoms. The van der Waals surface area contributed by atoms with Crippen molar-refractivity contribution in [1.29, 1.82) is 0 Å². The third kappa shape index (κ3) is 6.91. The maximum absolute atomic E-state index is 4.64. The Morgan fingerprint density at radius 3 is 2.30 bits per heavy atom. The maximum Gasteiger partial charge on any atom is 0.232 e. The third-order valence-corrected chi connectivity index (χ3v) is 6.55. The van der Waals surface area contributed by atoms with Crippen molar-refractivity contribution in [1.82, 2.24) is 15.0 Å². The van der Waals surface area contributed by atoms with Crippen LogP contribution in [0.3, 0.4) is 0 Å². The molecule has 0 saturated carbocycles. The summed E-state index contributed by atoms with van der Waals surface area (Å²) in [6.45, 7) is 5.11. The fourth-order valence-electron chi connectivity index (χ4n) is 4.44. The van der Waals surface area contributed by atoms with Gasteiger partial charge in [0.05, 0.1) is 0 Å². The Morgan fingerprint density at radius 1 is 0.838 bits per heavy atom. The van der Waals surface area contributed by atoms with E-state index in [4.69, 9.17) is 0 Å². The zero-order valence-corrected chi connectivity index (χ0v) is 21.3. The highest BCUT2D eigenvalue weighted by Crippen LogP contribution is 2.23. The quantitative estimate of drug-likeness (QED) is 0.267. The van der Waals surface area contributed by atoms with E-state index in [0.29, 0.717) is 11.9 Å². The summed E-state index contributed by atoms with van der Waals surface area (Å²) in [4.78, 5) is 20.2. The van der Waals surface area contributed by atoms with Crippen molar-refractivity contribution in [2.75, 3.05) is 35.2 Å². The molecule has 4 aromatic rings. The van der Waals surface area contributed by atoms with Gasteiger partial charge in [-0.2, -0.15) is 4.98 Å². The summed E-state index contributed by atoms with van der Waals surface area (Å²) in [6, 6.07) is 25.0. The predicted molar refractivity (Wildman–Crippen MR) is 153 cm³/mol. The summed E-state index contributed by atoms with van der Waals surface area (Å²) in [5.74, 6) is 0.983. The van der Waals surface area contributed by atoms with Gasteiger partial charge < -0.3 is 15.5 Å². The second kappa shape index (κ2) is 12.1. The Morgan fingerprint density at radius 2 is 1.54 bits per heavy atom. The molecule has 3 aromatic carbocycles. The van der Waals surface area contributed by atoms with Gasteiger partial charge in [0.2, 0.25) is 11.9 Å². The average Bonchev–Trinajstić information content (AvgIpc) is 2.94. The molecule has 0 radical (unpaired) electrons. The van der Waals surface area contributed by atoms with Crippen molar-refractivity contribution < 1.29 is 0 Å². The standard InChI is InChI=1S/C30H33N7/c1-23-10-11-27(20-25(23)21-31-17-16-24-8-4-2-5-9-24)35-30-33-22-32-29(36-30)34-26-12-14-28(15-13-26)37-18-6-3-7-19-37/h2,4-5,8-15,20-22H,3,6-7,16-19H2,1H3,(H2,32,33,34,35,36). The van der Waals surface area contributed by atoms with Crippen LogP contribution < -0.4 is 15.5 Å². The molecular formula is C30H33N7. The third-order valence-electron chi connectivity index (χ3n) is 6.55. The molecule has 1 fully saturated rings. The van der Waals surface area contributed by atoms with Crippen molar-refractivity contribution in [3.63, 3.8) is 0 Å². The van der Waals surface area contributed by atoms with E-state index in [1.165, 1.54) is 42.4 Å². The number of benzene rings is 3. The second-order valence-corrected chi connectivity index (χ2v) is 9.32. The van der Waals surface area contributed by atoms with Gasteiger partial charge in [-0.25, -0.2) is 9.97 Å². The van der Waals surface area contributed by atoms with Crippen molar-refractivity contribution >= 4 is 35.2 Å². The van der Waals surface area contributed by atoms with Crippen LogP contribution in [0, 0.1) is 6.92 Å². The molecule has 0 bridgehead atoms. The molecule has 0 spiro atoms. The largest absolute Gasteiger partial charge is 0.372 e. The Balaban J connectivity index is 1.20.